The van der Waals surface area contributed by atoms with Crippen molar-refractivity contribution >= 4 is 38.2 Å². The number of hydrogen-bond acceptors (Lipinski definition) is 8. The second-order valence-corrected chi connectivity index (χ2v) is 11.2. The number of benzene rings is 2. The number of methoxy groups -OCH3 is 1. The Hall–Kier alpha value is -2.90. The number of nitrogens with zero attached hydrogens (tertiary/aromatic N) is 5. The molecule has 2 heterocycles. The molecule has 198 valence electrons. The Balaban J connectivity index is 1.61. The van der Waals surface area contributed by atoms with Gasteiger partial charge in [-0.25, -0.2) is 13.4 Å². The molecule has 0 bridgehead atoms. The van der Waals surface area contributed by atoms with Crippen LogP contribution in [0, 0.1) is 10.1 Å². The molecule has 0 aliphatic carbocycles. The number of nitro benzene ring substituents is 1. The van der Waals surface area contributed by atoms with E-state index in [0.29, 0.717) is 43.0 Å². The van der Waals surface area contributed by atoms with Gasteiger partial charge in [0.25, 0.3) is 11.2 Å². The molecule has 1 aromatic heterocycles. The van der Waals surface area contributed by atoms with E-state index in [0.717, 1.165) is 6.07 Å². The third kappa shape index (κ3) is 5.25. The fraction of sp³-hybridized carbons (Fsp3) is 0.417. The van der Waals surface area contributed by atoms with Gasteiger partial charge in [0.15, 0.2) is 0 Å². The molecular formula is C24H28ClN5O6S. The van der Waals surface area contributed by atoms with Gasteiger partial charge in [0.2, 0.25) is 10.0 Å². The number of hydrogen-bond donors (Lipinski definition) is 0. The van der Waals surface area contributed by atoms with Crippen molar-refractivity contribution in [1.82, 2.24) is 18.8 Å². The zero-order chi connectivity index (χ0) is 26.9. The van der Waals surface area contributed by atoms with Gasteiger partial charge in [-0.1, -0.05) is 23.7 Å². The van der Waals surface area contributed by atoms with Crippen molar-refractivity contribution in [2.75, 3.05) is 33.4 Å². The largest absolute Gasteiger partial charge is 0.383 e. The summed E-state index contributed by atoms with van der Waals surface area (Å²) in [6.45, 7) is 5.34. The SMILES string of the molecule is COCCn1c(C(C)N2CCN(S(=O)(=O)c3ccc(Cl)c([N+](=O)[O-])c3)C(C)C2)nc2ccccc2c1=O. The Labute approximate surface area is 219 Å². The van der Waals surface area contributed by atoms with Crippen LogP contribution in [0.2, 0.25) is 5.02 Å². The minimum absolute atomic E-state index is 0.127. The Morgan fingerprint density at radius 2 is 1.97 bits per heavy atom. The van der Waals surface area contributed by atoms with Crippen LogP contribution in [-0.2, 0) is 21.3 Å². The summed E-state index contributed by atoms with van der Waals surface area (Å²) in [6, 6.07) is 9.95. The monoisotopic (exact) mass is 549 g/mol. The van der Waals surface area contributed by atoms with Crippen LogP contribution in [0.1, 0.15) is 25.7 Å². The average molecular weight is 550 g/mol. The molecule has 0 amide bonds. The van der Waals surface area contributed by atoms with Gasteiger partial charge in [-0.05, 0) is 38.1 Å². The van der Waals surface area contributed by atoms with Gasteiger partial charge in [-0.2, -0.15) is 4.31 Å². The Morgan fingerprint density at radius 1 is 1.24 bits per heavy atom. The molecule has 0 spiro atoms. The van der Waals surface area contributed by atoms with Gasteiger partial charge in [0, 0.05) is 38.9 Å². The third-order valence-corrected chi connectivity index (χ3v) is 8.98. The molecule has 2 aromatic carbocycles. The summed E-state index contributed by atoms with van der Waals surface area (Å²) >= 11 is 5.87. The van der Waals surface area contributed by atoms with Gasteiger partial charge in [-0.15, -0.1) is 0 Å². The molecule has 0 N–H and O–H groups in total. The molecule has 37 heavy (non-hydrogen) atoms. The van der Waals surface area contributed by atoms with Crippen LogP contribution in [0.25, 0.3) is 10.9 Å². The number of ether oxygens (including phenoxy) is 1. The van der Waals surface area contributed by atoms with E-state index < -0.39 is 26.7 Å². The topological polar surface area (TPSA) is 128 Å². The van der Waals surface area contributed by atoms with Crippen molar-refractivity contribution in [2.45, 2.75) is 37.4 Å². The second-order valence-electron chi connectivity index (χ2n) is 8.94. The number of fused-ring (bicyclic) bond motifs is 1. The van der Waals surface area contributed by atoms with E-state index in [9.17, 15) is 23.3 Å². The van der Waals surface area contributed by atoms with E-state index in [2.05, 4.69) is 4.90 Å². The summed E-state index contributed by atoms with van der Waals surface area (Å²) in [5.74, 6) is 0.581. The zero-order valence-electron chi connectivity index (χ0n) is 20.7. The summed E-state index contributed by atoms with van der Waals surface area (Å²) in [5, 5.41) is 11.7. The number of rotatable bonds is 8. The van der Waals surface area contributed by atoms with Gasteiger partial charge in [-0.3, -0.25) is 24.4 Å². The maximum atomic E-state index is 13.4. The second kappa shape index (κ2) is 10.8. The molecule has 4 rings (SSSR count). The van der Waals surface area contributed by atoms with Crippen LogP contribution in [0.4, 0.5) is 5.69 Å². The minimum Gasteiger partial charge on any atom is -0.383 e. The molecule has 2 unspecified atom stereocenters. The third-order valence-electron chi connectivity index (χ3n) is 6.65. The molecule has 11 nitrogen and oxygen atoms in total. The molecule has 0 radical (unpaired) electrons. The highest BCUT2D eigenvalue weighted by Crippen LogP contribution is 2.31. The van der Waals surface area contributed by atoms with Crippen LogP contribution in [0.5, 0.6) is 0 Å². The molecule has 3 aromatic rings. The van der Waals surface area contributed by atoms with Crippen LogP contribution in [-0.4, -0.2) is 71.5 Å². The maximum Gasteiger partial charge on any atom is 0.289 e. The number of sulfonamides is 1. The highest BCUT2D eigenvalue weighted by Gasteiger charge is 2.37. The summed E-state index contributed by atoms with van der Waals surface area (Å²) in [5.41, 5.74) is -0.0104. The quantitative estimate of drug-likeness (QED) is 0.310. The highest BCUT2D eigenvalue weighted by atomic mass is 35.5. The summed E-state index contributed by atoms with van der Waals surface area (Å²) in [4.78, 5) is 30.5. The fourth-order valence-corrected chi connectivity index (χ4v) is 6.49. The standard InChI is InChI=1S/C24H28ClN5O6S/c1-16-15-27(10-11-29(16)37(34,35)18-8-9-20(25)22(14-18)30(32)33)17(2)23-26-21-7-5-4-6-19(21)24(31)28(23)12-13-36-3/h4-9,14,16-17H,10-13,15H2,1-3H3. The van der Waals surface area contributed by atoms with E-state index in [1.807, 2.05) is 13.0 Å². The molecular weight excluding hydrogens is 522 g/mol. The maximum absolute atomic E-state index is 13.4. The van der Waals surface area contributed by atoms with E-state index in [-0.39, 0.29) is 28.1 Å². The normalized spacial score (nSPS) is 18.2. The first-order chi connectivity index (χ1) is 17.6. The number of halogens is 1. The van der Waals surface area contributed by atoms with Crippen molar-refractivity contribution in [3.8, 4) is 0 Å². The van der Waals surface area contributed by atoms with Crippen molar-refractivity contribution in [2.24, 2.45) is 0 Å². The Morgan fingerprint density at radius 3 is 2.65 bits per heavy atom. The van der Waals surface area contributed by atoms with Crippen molar-refractivity contribution in [1.29, 1.82) is 0 Å². The molecule has 13 heteroatoms. The lowest BCUT2D eigenvalue weighted by Gasteiger charge is -2.41. The first-order valence-corrected chi connectivity index (χ1v) is 13.6. The van der Waals surface area contributed by atoms with E-state index in [1.165, 1.54) is 16.4 Å². The lowest BCUT2D eigenvalue weighted by molar-refractivity contribution is -0.384. The van der Waals surface area contributed by atoms with Gasteiger partial charge >= 0.3 is 0 Å². The lowest BCUT2D eigenvalue weighted by atomic mass is 10.1. The summed E-state index contributed by atoms with van der Waals surface area (Å²) in [6.07, 6.45) is 0. The highest BCUT2D eigenvalue weighted by molar-refractivity contribution is 7.89. The minimum atomic E-state index is -4.00. The molecule has 1 aliphatic rings. The first kappa shape index (κ1) is 27.1. The van der Waals surface area contributed by atoms with Crippen LogP contribution >= 0.6 is 11.6 Å². The number of aromatic nitrogens is 2. The summed E-state index contributed by atoms with van der Waals surface area (Å²) < 4.78 is 34.9. The van der Waals surface area contributed by atoms with Crippen LogP contribution < -0.4 is 5.56 Å². The van der Waals surface area contributed by atoms with Gasteiger partial charge < -0.3 is 4.74 Å². The molecule has 1 aliphatic heterocycles. The van der Waals surface area contributed by atoms with Crippen LogP contribution in [0.15, 0.2) is 52.2 Å². The number of nitro groups is 1. The first-order valence-electron chi connectivity index (χ1n) is 11.7. The van der Waals surface area contributed by atoms with Crippen LogP contribution in [0.3, 0.4) is 0 Å². The number of para-hydroxylation sites is 1. The summed E-state index contributed by atoms with van der Waals surface area (Å²) in [7, 11) is -2.43. The van der Waals surface area contributed by atoms with E-state index in [4.69, 9.17) is 21.3 Å². The smallest absolute Gasteiger partial charge is 0.289 e. The average Bonchev–Trinajstić information content (AvgIpc) is 2.87. The molecule has 2 atom stereocenters. The predicted molar refractivity (Wildman–Crippen MR) is 139 cm³/mol. The number of piperazine rings is 1. The zero-order valence-corrected chi connectivity index (χ0v) is 22.3. The Kier molecular flexibility index (Phi) is 7.95. The Bertz CT molecular complexity index is 1490. The molecule has 1 saturated heterocycles. The fourth-order valence-electron chi connectivity index (χ4n) is 4.67. The molecule has 1 fully saturated rings. The van der Waals surface area contributed by atoms with E-state index in [1.54, 1.807) is 36.8 Å². The lowest BCUT2D eigenvalue weighted by Crippen LogP contribution is -2.54. The van der Waals surface area contributed by atoms with Gasteiger partial charge in [0.05, 0.1) is 39.9 Å². The van der Waals surface area contributed by atoms with Gasteiger partial charge in [0.1, 0.15) is 10.8 Å². The van der Waals surface area contributed by atoms with E-state index >= 15 is 0 Å². The predicted octanol–water partition coefficient (Wildman–Crippen LogP) is 3.06. The van der Waals surface area contributed by atoms with Crippen molar-refractivity contribution < 1.29 is 18.1 Å². The van der Waals surface area contributed by atoms with Crippen molar-refractivity contribution in [3.63, 3.8) is 0 Å². The molecule has 0 saturated carbocycles. The van der Waals surface area contributed by atoms with Crippen molar-refractivity contribution in [3.05, 3.63) is 73.8 Å².